The van der Waals surface area contributed by atoms with Gasteiger partial charge in [0, 0.05) is 0 Å². The Morgan fingerprint density at radius 2 is 2.11 bits per heavy atom. The molecule has 1 aromatic rings. The first kappa shape index (κ1) is 15.3. The number of benzene rings is 1. The van der Waals surface area contributed by atoms with Gasteiger partial charge >= 0.3 is 6.09 Å². The van der Waals surface area contributed by atoms with Crippen LogP contribution in [-0.2, 0) is 4.74 Å². The summed E-state index contributed by atoms with van der Waals surface area (Å²) in [5.74, 6) is 0.661. The fourth-order valence-corrected chi connectivity index (χ4v) is 1.46. The third kappa shape index (κ3) is 5.61. The number of rotatable bonds is 4. The summed E-state index contributed by atoms with van der Waals surface area (Å²) in [6, 6.07) is 7.06. The van der Waals surface area contributed by atoms with E-state index in [1.54, 1.807) is 52.1 Å². The van der Waals surface area contributed by atoms with Crippen molar-refractivity contribution in [2.75, 3.05) is 13.7 Å². The van der Waals surface area contributed by atoms with Crippen molar-refractivity contribution in [2.24, 2.45) is 0 Å². The lowest BCUT2D eigenvalue weighted by Crippen LogP contribution is -2.34. The molecule has 0 aliphatic heterocycles. The summed E-state index contributed by atoms with van der Waals surface area (Å²) >= 11 is 0. The zero-order valence-electron chi connectivity index (χ0n) is 11.8. The van der Waals surface area contributed by atoms with Crippen LogP contribution in [0.5, 0.6) is 5.75 Å². The lowest BCUT2D eigenvalue weighted by molar-refractivity contribution is 0.0492. The van der Waals surface area contributed by atoms with Gasteiger partial charge in [0.25, 0.3) is 0 Å². The summed E-state index contributed by atoms with van der Waals surface area (Å²) in [6.07, 6.45) is -1.35. The Morgan fingerprint density at radius 1 is 1.42 bits per heavy atom. The molecule has 0 saturated carbocycles. The van der Waals surface area contributed by atoms with Crippen LogP contribution >= 0.6 is 0 Å². The number of aliphatic hydroxyl groups excluding tert-OH is 1. The monoisotopic (exact) mass is 267 g/mol. The van der Waals surface area contributed by atoms with Crippen molar-refractivity contribution < 1.29 is 19.4 Å². The van der Waals surface area contributed by atoms with Crippen molar-refractivity contribution in [1.82, 2.24) is 5.32 Å². The molecule has 0 heterocycles. The largest absolute Gasteiger partial charge is 0.497 e. The highest BCUT2D eigenvalue weighted by Crippen LogP contribution is 2.18. The van der Waals surface area contributed by atoms with E-state index in [2.05, 4.69) is 5.32 Å². The number of hydrogen-bond donors (Lipinski definition) is 2. The van der Waals surface area contributed by atoms with E-state index in [-0.39, 0.29) is 6.54 Å². The SMILES string of the molecule is COc1cccc([C@@H](O)CNC(=O)OC(C)(C)C)c1. The smallest absolute Gasteiger partial charge is 0.407 e. The van der Waals surface area contributed by atoms with E-state index in [1.165, 1.54) is 0 Å². The van der Waals surface area contributed by atoms with E-state index >= 15 is 0 Å². The molecule has 0 unspecified atom stereocenters. The van der Waals surface area contributed by atoms with Gasteiger partial charge < -0.3 is 19.9 Å². The van der Waals surface area contributed by atoms with Crippen LogP contribution in [0.4, 0.5) is 4.79 Å². The van der Waals surface area contributed by atoms with E-state index in [1.807, 2.05) is 0 Å². The fraction of sp³-hybridized carbons (Fsp3) is 0.500. The lowest BCUT2D eigenvalue weighted by Gasteiger charge is -2.20. The summed E-state index contributed by atoms with van der Waals surface area (Å²) in [5, 5.41) is 12.5. The second-order valence-electron chi connectivity index (χ2n) is 5.18. The number of nitrogens with one attached hydrogen (secondary N) is 1. The predicted octanol–water partition coefficient (Wildman–Crippen LogP) is 2.25. The lowest BCUT2D eigenvalue weighted by atomic mass is 10.1. The molecule has 1 rings (SSSR count). The molecule has 0 aliphatic carbocycles. The minimum atomic E-state index is -0.803. The topological polar surface area (TPSA) is 67.8 Å². The van der Waals surface area contributed by atoms with Crippen molar-refractivity contribution in [3.8, 4) is 5.75 Å². The third-order valence-electron chi connectivity index (χ3n) is 2.32. The van der Waals surface area contributed by atoms with Crippen LogP contribution in [0.3, 0.4) is 0 Å². The molecule has 106 valence electrons. The first-order valence-corrected chi connectivity index (χ1v) is 6.10. The van der Waals surface area contributed by atoms with Gasteiger partial charge in [0.05, 0.1) is 19.8 Å². The zero-order chi connectivity index (χ0) is 14.5. The number of carbonyl (C=O) groups excluding carboxylic acids is 1. The molecule has 0 fully saturated rings. The molecule has 0 spiro atoms. The van der Waals surface area contributed by atoms with Crippen LogP contribution in [0.2, 0.25) is 0 Å². The molecule has 19 heavy (non-hydrogen) atoms. The normalized spacial score (nSPS) is 12.7. The highest BCUT2D eigenvalue weighted by atomic mass is 16.6. The van der Waals surface area contributed by atoms with Gasteiger partial charge in [-0.3, -0.25) is 0 Å². The van der Waals surface area contributed by atoms with Gasteiger partial charge in [-0.25, -0.2) is 4.79 Å². The molecule has 0 aliphatic rings. The van der Waals surface area contributed by atoms with Gasteiger partial charge in [0.1, 0.15) is 11.4 Å². The first-order valence-electron chi connectivity index (χ1n) is 6.10. The maximum atomic E-state index is 11.4. The number of ether oxygens (including phenoxy) is 2. The number of methoxy groups -OCH3 is 1. The molecule has 5 nitrogen and oxygen atoms in total. The number of amides is 1. The molecule has 0 bridgehead atoms. The summed E-state index contributed by atoms with van der Waals surface area (Å²) in [7, 11) is 1.56. The first-order chi connectivity index (χ1) is 8.81. The Labute approximate surface area is 113 Å². The summed E-state index contributed by atoms with van der Waals surface area (Å²) in [6.45, 7) is 5.43. The van der Waals surface area contributed by atoms with Crippen molar-refractivity contribution in [1.29, 1.82) is 0 Å². The predicted molar refractivity (Wildman–Crippen MR) is 72.2 cm³/mol. The summed E-state index contributed by atoms with van der Waals surface area (Å²) in [5.41, 5.74) is 0.126. The molecule has 2 N–H and O–H groups in total. The van der Waals surface area contributed by atoms with E-state index < -0.39 is 17.8 Å². The Hall–Kier alpha value is -1.75. The van der Waals surface area contributed by atoms with Gasteiger partial charge in [-0.1, -0.05) is 12.1 Å². The van der Waals surface area contributed by atoms with Crippen molar-refractivity contribution in [3.63, 3.8) is 0 Å². The minimum absolute atomic E-state index is 0.0854. The number of carbonyl (C=O) groups is 1. The van der Waals surface area contributed by atoms with E-state index in [0.717, 1.165) is 0 Å². The molecule has 0 radical (unpaired) electrons. The maximum Gasteiger partial charge on any atom is 0.407 e. The van der Waals surface area contributed by atoms with E-state index in [0.29, 0.717) is 11.3 Å². The van der Waals surface area contributed by atoms with E-state index in [4.69, 9.17) is 9.47 Å². The maximum absolute atomic E-state index is 11.4. The summed E-state index contributed by atoms with van der Waals surface area (Å²) < 4.78 is 10.2. The Kier molecular flexibility index (Phi) is 5.18. The molecule has 1 atom stereocenters. The standard InChI is InChI=1S/C14H21NO4/c1-14(2,3)19-13(17)15-9-12(16)10-6-5-7-11(8-10)18-4/h5-8,12,16H,9H2,1-4H3,(H,15,17)/t12-/m0/s1. The van der Waals surface area contributed by atoms with Crippen molar-refractivity contribution in [3.05, 3.63) is 29.8 Å². The van der Waals surface area contributed by atoms with Gasteiger partial charge in [-0.2, -0.15) is 0 Å². The van der Waals surface area contributed by atoms with Crippen molar-refractivity contribution >= 4 is 6.09 Å². The van der Waals surface area contributed by atoms with Crippen LogP contribution in [0.25, 0.3) is 0 Å². The van der Waals surface area contributed by atoms with Gasteiger partial charge in [0.2, 0.25) is 0 Å². The van der Waals surface area contributed by atoms with Crippen LogP contribution in [0, 0.1) is 0 Å². The van der Waals surface area contributed by atoms with Crippen LogP contribution < -0.4 is 10.1 Å². The van der Waals surface area contributed by atoms with Crippen LogP contribution in [-0.4, -0.2) is 30.5 Å². The summed E-state index contributed by atoms with van der Waals surface area (Å²) in [4.78, 5) is 11.4. The molecule has 1 amide bonds. The Morgan fingerprint density at radius 3 is 2.68 bits per heavy atom. The molecule has 1 aromatic carbocycles. The third-order valence-corrected chi connectivity index (χ3v) is 2.32. The van der Waals surface area contributed by atoms with Crippen molar-refractivity contribution in [2.45, 2.75) is 32.5 Å². The average molecular weight is 267 g/mol. The number of aliphatic hydroxyl groups is 1. The quantitative estimate of drug-likeness (QED) is 0.878. The molecular weight excluding hydrogens is 246 g/mol. The molecular formula is C14H21NO4. The fourth-order valence-electron chi connectivity index (χ4n) is 1.46. The minimum Gasteiger partial charge on any atom is -0.497 e. The molecule has 0 aromatic heterocycles. The highest BCUT2D eigenvalue weighted by Gasteiger charge is 2.17. The van der Waals surface area contributed by atoms with E-state index in [9.17, 15) is 9.90 Å². The molecule has 0 saturated heterocycles. The highest BCUT2D eigenvalue weighted by molar-refractivity contribution is 5.67. The molecule has 5 heteroatoms. The number of hydrogen-bond acceptors (Lipinski definition) is 4. The second-order valence-corrected chi connectivity index (χ2v) is 5.18. The zero-order valence-corrected chi connectivity index (χ0v) is 11.8. The second kappa shape index (κ2) is 6.43. The van der Waals surface area contributed by atoms with Gasteiger partial charge in [0.15, 0.2) is 0 Å². The number of alkyl carbamates (subject to hydrolysis) is 1. The average Bonchev–Trinajstić information content (AvgIpc) is 2.34. The van der Waals surface area contributed by atoms with Crippen LogP contribution in [0.15, 0.2) is 24.3 Å². The Bertz CT molecular complexity index is 426. The Balaban J connectivity index is 2.51. The van der Waals surface area contributed by atoms with Crippen LogP contribution in [0.1, 0.15) is 32.4 Å². The van der Waals surface area contributed by atoms with Gasteiger partial charge in [-0.05, 0) is 38.5 Å². The van der Waals surface area contributed by atoms with Gasteiger partial charge in [-0.15, -0.1) is 0 Å².